The van der Waals surface area contributed by atoms with E-state index < -0.39 is 5.97 Å². The molecule has 94 valence electrons. The minimum Gasteiger partial charge on any atom is -0.481 e. The summed E-state index contributed by atoms with van der Waals surface area (Å²) in [6.07, 6.45) is 3.75. The number of aliphatic carboxylic acids is 1. The smallest absolute Gasteiger partial charge is 0.304 e. The fourth-order valence-corrected chi connectivity index (χ4v) is 3.23. The van der Waals surface area contributed by atoms with Gasteiger partial charge in [-0.05, 0) is 30.7 Å². The van der Waals surface area contributed by atoms with E-state index >= 15 is 0 Å². The van der Waals surface area contributed by atoms with Crippen LogP contribution in [0.4, 0.5) is 0 Å². The number of hydrogen-bond donors (Lipinski definition) is 1. The predicted molar refractivity (Wildman–Crippen MR) is 69.3 cm³/mol. The number of nitrogens with zero attached hydrogens (tertiary/aromatic N) is 1. The first-order valence-corrected chi connectivity index (χ1v) is 7.11. The molecule has 1 aliphatic rings. The van der Waals surface area contributed by atoms with Gasteiger partial charge in [0.15, 0.2) is 0 Å². The van der Waals surface area contributed by atoms with E-state index in [4.69, 9.17) is 5.11 Å². The molecule has 1 aliphatic carbocycles. The molecule has 0 bridgehead atoms. The van der Waals surface area contributed by atoms with Gasteiger partial charge < -0.3 is 5.11 Å². The van der Waals surface area contributed by atoms with E-state index in [1.54, 1.807) is 11.3 Å². The van der Waals surface area contributed by atoms with E-state index in [-0.39, 0.29) is 6.42 Å². The van der Waals surface area contributed by atoms with E-state index in [1.165, 1.54) is 17.7 Å². The van der Waals surface area contributed by atoms with Crippen LogP contribution in [0.15, 0.2) is 17.5 Å². The molecule has 0 aromatic carbocycles. The summed E-state index contributed by atoms with van der Waals surface area (Å²) in [6, 6.07) is 5.25. The Kier molecular flexibility index (Phi) is 4.18. The molecule has 1 saturated carbocycles. The number of thiophene rings is 1. The molecule has 0 spiro atoms. The van der Waals surface area contributed by atoms with Gasteiger partial charge in [0.25, 0.3) is 0 Å². The Hall–Kier alpha value is -0.870. The average Bonchev–Trinajstić information content (AvgIpc) is 3.00. The van der Waals surface area contributed by atoms with Gasteiger partial charge in [-0.2, -0.15) is 0 Å². The highest BCUT2D eigenvalue weighted by Gasteiger charge is 2.34. The van der Waals surface area contributed by atoms with Crippen LogP contribution in [0.5, 0.6) is 0 Å². The Bertz CT molecular complexity index is 360. The summed E-state index contributed by atoms with van der Waals surface area (Å²) < 4.78 is 0. The molecular weight excluding hydrogens is 234 g/mol. The third-order valence-corrected chi connectivity index (χ3v) is 4.23. The number of carboxylic acid groups (broad SMARTS) is 1. The van der Waals surface area contributed by atoms with Crippen molar-refractivity contribution < 1.29 is 9.90 Å². The summed E-state index contributed by atoms with van der Waals surface area (Å²) >= 11 is 1.77. The van der Waals surface area contributed by atoms with Gasteiger partial charge in [-0.1, -0.05) is 13.0 Å². The first-order chi connectivity index (χ1) is 8.22. The lowest BCUT2D eigenvalue weighted by atomic mass is 10.1. The van der Waals surface area contributed by atoms with Crippen molar-refractivity contribution in [2.45, 2.75) is 44.7 Å². The van der Waals surface area contributed by atoms with Gasteiger partial charge in [0.1, 0.15) is 0 Å². The van der Waals surface area contributed by atoms with Crippen molar-refractivity contribution >= 4 is 17.3 Å². The fraction of sp³-hybridized carbons (Fsp3) is 0.615. The number of carbonyl (C=O) groups is 1. The van der Waals surface area contributed by atoms with Crippen LogP contribution in [-0.2, 0) is 4.79 Å². The Morgan fingerprint density at radius 3 is 2.88 bits per heavy atom. The molecule has 0 saturated heterocycles. The van der Waals surface area contributed by atoms with Crippen molar-refractivity contribution in [3.05, 3.63) is 22.4 Å². The van der Waals surface area contributed by atoms with Crippen molar-refractivity contribution in [3.8, 4) is 0 Å². The van der Waals surface area contributed by atoms with Gasteiger partial charge in [-0.3, -0.25) is 9.69 Å². The molecule has 0 radical (unpaired) electrons. The summed E-state index contributed by atoms with van der Waals surface area (Å²) in [7, 11) is 0. The molecule has 0 amide bonds. The zero-order valence-electron chi connectivity index (χ0n) is 10.1. The van der Waals surface area contributed by atoms with Crippen LogP contribution in [0.3, 0.4) is 0 Å². The predicted octanol–water partition coefficient (Wildman–Crippen LogP) is 3.14. The summed E-state index contributed by atoms with van der Waals surface area (Å²) in [5.41, 5.74) is 0. The number of rotatable bonds is 7. The third-order valence-electron chi connectivity index (χ3n) is 3.26. The molecule has 3 nitrogen and oxygen atoms in total. The maximum absolute atomic E-state index is 10.7. The van der Waals surface area contributed by atoms with Gasteiger partial charge >= 0.3 is 5.97 Å². The lowest BCUT2D eigenvalue weighted by Crippen LogP contribution is -2.32. The van der Waals surface area contributed by atoms with Crippen LogP contribution in [0, 0.1) is 0 Å². The monoisotopic (exact) mass is 253 g/mol. The maximum atomic E-state index is 10.7. The highest BCUT2D eigenvalue weighted by atomic mass is 32.1. The molecule has 17 heavy (non-hydrogen) atoms. The lowest BCUT2D eigenvalue weighted by Gasteiger charge is -2.30. The van der Waals surface area contributed by atoms with Crippen LogP contribution in [0.25, 0.3) is 0 Å². The summed E-state index contributed by atoms with van der Waals surface area (Å²) in [5.74, 6) is -0.698. The topological polar surface area (TPSA) is 40.5 Å². The van der Waals surface area contributed by atoms with Crippen molar-refractivity contribution in [2.75, 3.05) is 6.54 Å². The fourth-order valence-electron chi connectivity index (χ4n) is 2.30. The minimum atomic E-state index is -0.698. The van der Waals surface area contributed by atoms with Crippen molar-refractivity contribution in [1.82, 2.24) is 4.90 Å². The highest BCUT2D eigenvalue weighted by molar-refractivity contribution is 7.10. The SMILES string of the molecule is CCC(c1cccs1)N(CCC(=O)O)C1CC1. The van der Waals surface area contributed by atoms with Crippen LogP contribution in [0.2, 0.25) is 0 Å². The number of carboxylic acids is 1. The van der Waals surface area contributed by atoms with Crippen LogP contribution >= 0.6 is 11.3 Å². The second-order valence-corrected chi connectivity index (χ2v) is 5.53. The normalized spacial score (nSPS) is 17.3. The Balaban J connectivity index is 2.05. The molecule has 1 heterocycles. The van der Waals surface area contributed by atoms with Crippen molar-refractivity contribution in [1.29, 1.82) is 0 Å². The molecule has 1 N–H and O–H groups in total. The molecule has 1 fully saturated rings. The molecule has 1 atom stereocenters. The summed E-state index contributed by atoms with van der Waals surface area (Å²) in [4.78, 5) is 14.5. The maximum Gasteiger partial charge on any atom is 0.304 e. The van der Waals surface area contributed by atoms with E-state index in [0.717, 1.165) is 6.42 Å². The van der Waals surface area contributed by atoms with Crippen molar-refractivity contribution in [2.24, 2.45) is 0 Å². The lowest BCUT2D eigenvalue weighted by molar-refractivity contribution is -0.137. The zero-order chi connectivity index (χ0) is 12.3. The number of hydrogen-bond acceptors (Lipinski definition) is 3. The Morgan fingerprint density at radius 1 is 1.65 bits per heavy atom. The van der Waals surface area contributed by atoms with Gasteiger partial charge in [-0.25, -0.2) is 0 Å². The van der Waals surface area contributed by atoms with Crippen LogP contribution in [0.1, 0.15) is 43.5 Å². The van der Waals surface area contributed by atoms with E-state index in [0.29, 0.717) is 18.6 Å². The summed E-state index contributed by atoms with van der Waals surface area (Å²) in [5, 5.41) is 10.9. The van der Waals surface area contributed by atoms with E-state index in [1.807, 2.05) is 0 Å². The molecule has 4 heteroatoms. The standard InChI is InChI=1S/C13H19NO2S/c1-2-11(12-4-3-9-17-12)14(10-5-6-10)8-7-13(15)16/h3-4,9-11H,2,5-8H2,1H3,(H,15,16). The quantitative estimate of drug-likeness (QED) is 0.811. The second-order valence-electron chi connectivity index (χ2n) is 4.55. The first-order valence-electron chi connectivity index (χ1n) is 6.23. The molecule has 0 aliphatic heterocycles. The Labute approximate surface area is 106 Å². The largest absolute Gasteiger partial charge is 0.481 e. The van der Waals surface area contributed by atoms with Crippen LogP contribution in [-0.4, -0.2) is 28.6 Å². The van der Waals surface area contributed by atoms with E-state index in [9.17, 15) is 4.79 Å². The summed E-state index contributed by atoms with van der Waals surface area (Å²) in [6.45, 7) is 2.86. The first kappa shape index (κ1) is 12.6. The Morgan fingerprint density at radius 2 is 2.41 bits per heavy atom. The van der Waals surface area contributed by atoms with Gasteiger partial charge in [0, 0.05) is 23.5 Å². The molecule has 2 rings (SSSR count). The second kappa shape index (κ2) is 5.65. The highest BCUT2D eigenvalue weighted by Crippen LogP contribution is 2.37. The minimum absolute atomic E-state index is 0.248. The molecule has 1 aromatic rings. The van der Waals surface area contributed by atoms with Gasteiger partial charge in [0.05, 0.1) is 6.42 Å². The zero-order valence-corrected chi connectivity index (χ0v) is 10.9. The molecule has 1 aromatic heterocycles. The van der Waals surface area contributed by atoms with E-state index in [2.05, 4.69) is 29.3 Å². The van der Waals surface area contributed by atoms with Crippen molar-refractivity contribution in [3.63, 3.8) is 0 Å². The average molecular weight is 253 g/mol. The molecular formula is C13H19NO2S. The van der Waals surface area contributed by atoms with Gasteiger partial charge in [0.2, 0.25) is 0 Å². The van der Waals surface area contributed by atoms with Crippen LogP contribution < -0.4 is 0 Å². The third kappa shape index (κ3) is 3.30. The van der Waals surface area contributed by atoms with Gasteiger partial charge in [-0.15, -0.1) is 11.3 Å². The molecule has 1 unspecified atom stereocenters.